The second-order valence-electron chi connectivity index (χ2n) is 3.96. The monoisotopic (exact) mass is 330 g/mol. The van der Waals surface area contributed by atoms with Gasteiger partial charge in [-0.05, 0) is 37.5 Å². The fourth-order valence-corrected chi connectivity index (χ4v) is 1.98. The van der Waals surface area contributed by atoms with Crippen LogP contribution in [0.4, 0.5) is 0 Å². The quantitative estimate of drug-likeness (QED) is 0.416. The summed E-state index contributed by atoms with van der Waals surface area (Å²) in [5.41, 5.74) is 0.471. The largest absolute Gasteiger partial charge is 0.493 e. The molecule has 0 radical (unpaired) electrons. The molecule has 0 unspecified atom stereocenters. The Morgan fingerprint density at radius 1 is 1.11 bits per heavy atom. The van der Waals surface area contributed by atoms with E-state index in [1.54, 1.807) is 25.3 Å². The third-order valence-electron chi connectivity index (χ3n) is 2.63. The number of hydrogen-bond acceptors (Lipinski definition) is 4. The van der Waals surface area contributed by atoms with Crippen LogP contribution in [-0.2, 0) is 4.74 Å². The van der Waals surface area contributed by atoms with Crippen LogP contribution < -0.4 is 9.47 Å². The first-order valence-electron chi connectivity index (χ1n) is 6.18. The van der Waals surface area contributed by atoms with Crippen LogP contribution in [0.5, 0.6) is 11.5 Å². The maximum atomic E-state index is 11.8. The van der Waals surface area contributed by atoms with Crippen molar-refractivity contribution < 1.29 is 19.0 Å². The Kier molecular flexibility index (Phi) is 7.33. The molecule has 0 bridgehead atoms. The van der Waals surface area contributed by atoms with Crippen LogP contribution in [0.2, 0.25) is 0 Å². The number of benzene rings is 1. The second kappa shape index (κ2) is 8.80. The smallest absolute Gasteiger partial charge is 0.338 e. The lowest BCUT2D eigenvalue weighted by atomic mass is 10.2. The summed E-state index contributed by atoms with van der Waals surface area (Å²) in [6, 6.07) is 4.99. The van der Waals surface area contributed by atoms with E-state index >= 15 is 0 Å². The molecule has 1 rings (SSSR count). The number of alkyl halides is 1. The van der Waals surface area contributed by atoms with Gasteiger partial charge in [-0.25, -0.2) is 4.79 Å². The Hall–Kier alpha value is -1.23. The van der Waals surface area contributed by atoms with Gasteiger partial charge < -0.3 is 14.2 Å². The zero-order valence-electron chi connectivity index (χ0n) is 11.3. The van der Waals surface area contributed by atoms with Crippen LogP contribution >= 0.6 is 15.9 Å². The Balaban J connectivity index is 2.52. The minimum absolute atomic E-state index is 0.334. The summed E-state index contributed by atoms with van der Waals surface area (Å²) in [6.45, 7) is 0.445. The van der Waals surface area contributed by atoms with Gasteiger partial charge in [0.2, 0.25) is 0 Å². The molecule has 5 heteroatoms. The lowest BCUT2D eigenvalue weighted by Crippen LogP contribution is -2.07. The Bertz CT molecular complexity index is 406. The summed E-state index contributed by atoms with van der Waals surface area (Å²) in [5, 5.41) is 0.983. The van der Waals surface area contributed by atoms with Crippen molar-refractivity contribution in [1.82, 2.24) is 0 Å². The molecule has 0 saturated heterocycles. The number of ether oxygens (including phenoxy) is 3. The topological polar surface area (TPSA) is 44.8 Å². The van der Waals surface area contributed by atoms with E-state index in [1.165, 1.54) is 7.11 Å². The number of carbonyl (C=O) groups is 1. The molecule has 0 amide bonds. The molecule has 0 spiro atoms. The van der Waals surface area contributed by atoms with E-state index in [4.69, 9.17) is 14.2 Å². The van der Waals surface area contributed by atoms with Crippen molar-refractivity contribution >= 4 is 21.9 Å². The van der Waals surface area contributed by atoms with Crippen molar-refractivity contribution in [2.75, 3.05) is 26.2 Å². The molecule has 0 atom stereocenters. The van der Waals surface area contributed by atoms with Crippen LogP contribution in [0.3, 0.4) is 0 Å². The Morgan fingerprint density at radius 3 is 2.47 bits per heavy atom. The molecule has 0 fully saturated rings. The Morgan fingerprint density at radius 2 is 1.84 bits per heavy atom. The fourth-order valence-electron chi connectivity index (χ4n) is 1.58. The van der Waals surface area contributed by atoms with Gasteiger partial charge in [-0.2, -0.15) is 0 Å². The fraction of sp³-hybridized carbons (Fsp3) is 0.500. The molecule has 1 aromatic carbocycles. The van der Waals surface area contributed by atoms with E-state index in [-0.39, 0.29) is 5.97 Å². The number of halogens is 1. The van der Waals surface area contributed by atoms with Gasteiger partial charge in [-0.3, -0.25) is 0 Å². The predicted octanol–water partition coefficient (Wildman–Crippen LogP) is 3.43. The summed E-state index contributed by atoms with van der Waals surface area (Å²) >= 11 is 3.36. The van der Waals surface area contributed by atoms with Gasteiger partial charge in [0.1, 0.15) is 0 Å². The van der Waals surface area contributed by atoms with Gasteiger partial charge >= 0.3 is 5.97 Å². The van der Waals surface area contributed by atoms with E-state index in [0.717, 1.165) is 24.6 Å². The molecule has 0 aliphatic heterocycles. The maximum absolute atomic E-state index is 11.8. The third kappa shape index (κ3) is 5.11. The van der Waals surface area contributed by atoms with E-state index in [2.05, 4.69) is 15.9 Å². The molecule has 106 valence electrons. The number of methoxy groups -OCH3 is 2. The molecular formula is C14H19BrO4. The zero-order valence-corrected chi connectivity index (χ0v) is 12.9. The van der Waals surface area contributed by atoms with Gasteiger partial charge in [0.25, 0.3) is 0 Å². The van der Waals surface area contributed by atoms with Crippen molar-refractivity contribution in [1.29, 1.82) is 0 Å². The highest BCUT2D eigenvalue weighted by Crippen LogP contribution is 2.27. The van der Waals surface area contributed by atoms with Gasteiger partial charge in [0.05, 0.1) is 26.4 Å². The molecule has 0 aliphatic carbocycles. The molecule has 0 heterocycles. The first kappa shape index (κ1) is 15.8. The van der Waals surface area contributed by atoms with Crippen LogP contribution in [0.15, 0.2) is 18.2 Å². The van der Waals surface area contributed by atoms with Crippen molar-refractivity contribution in [2.24, 2.45) is 0 Å². The van der Waals surface area contributed by atoms with E-state index in [9.17, 15) is 4.79 Å². The van der Waals surface area contributed by atoms with Crippen molar-refractivity contribution in [3.63, 3.8) is 0 Å². The van der Waals surface area contributed by atoms with Gasteiger partial charge in [-0.15, -0.1) is 0 Å². The summed E-state index contributed by atoms with van der Waals surface area (Å²) in [5.74, 6) is 0.785. The van der Waals surface area contributed by atoms with Crippen molar-refractivity contribution in [3.05, 3.63) is 23.8 Å². The molecule has 19 heavy (non-hydrogen) atoms. The number of unbranched alkanes of at least 4 members (excludes halogenated alkanes) is 2. The average molecular weight is 331 g/mol. The first-order chi connectivity index (χ1) is 9.22. The van der Waals surface area contributed by atoms with Crippen LogP contribution in [-0.4, -0.2) is 32.1 Å². The molecule has 0 saturated carbocycles. The second-order valence-corrected chi connectivity index (χ2v) is 4.75. The highest BCUT2D eigenvalue weighted by atomic mass is 79.9. The minimum atomic E-state index is -0.334. The molecule has 4 nitrogen and oxygen atoms in total. The summed E-state index contributed by atoms with van der Waals surface area (Å²) in [4.78, 5) is 11.8. The highest BCUT2D eigenvalue weighted by Gasteiger charge is 2.11. The number of carbonyl (C=O) groups excluding carboxylic acids is 1. The number of esters is 1. The van der Waals surface area contributed by atoms with E-state index in [1.807, 2.05) is 0 Å². The standard InChI is InChI=1S/C14H19BrO4/c1-17-12-7-6-11(10-13(12)18-2)14(16)19-9-5-3-4-8-15/h6-7,10H,3-5,8-9H2,1-2H3. The summed E-state index contributed by atoms with van der Waals surface area (Å²) in [7, 11) is 3.09. The third-order valence-corrected chi connectivity index (χ3v) is 3.19. The predicted molar refractivity (Wildman–Crippen MR) is 77.5 cm³/mol. The van der Waals surface area contributed by atoms with Crippen molar-refractivity contribution in [3.8, 4) is 11.5 Å². The average Bonchev–Trinajstić information content (AvgIpc) is 2.46. The Labute approximate surface area is 122 Å². The van der Waals surface area contributed by atoms with Gasteiger partial charge in [0.15, 0.2) is 11.5 Å². The minimum Gasteiger partial charge on any atom is -0.493 e. The molecule has 0 aliphatic rings. The normalized spacial score (nSPS) is 10.1. The van der Waals surface area contributed by atoms with E-state index in [0.29, 0.717) is 23.7 Å². The zero-order chi connectivity index (χ0) is 14.1. The van der Waals surface area contributed by atoms with Crippen LogP contribution in [0.25, 0.3) is 0 Å². The van der Waals surface area contributed by atoms with Gasteiger partial charge in [0, 0.05) is 5.33 Å². The molecule has 0 aromatic heterocycles. The van der Waals surface area contributed by atoms with Gasteiger partial charge in [-0.1, -0.05) is 15.9 Å². The van der Waals surface area contributed by atoms with Crippen molar-refractivity contribution in [2.45, 2.75) is 19.3 Å². The first-order valence-corrected chi connectivity index (χ1v) is 7.30. The molecule has 0 N–H and O–H groups in total. The number of rotatable bonds is 8. The maximum Gasteiger partial charge on any atom is 0.338 e. The lowest BCUT2D eigenvalue weighted by Gasteiger charge is -2.09. The van der Waals surface area contributed by atoms with Crippen LogP contribution in [0.1, 0.15) is 29.6 Å². The number of hydrogen-bond donors (Lipinski definition) is 0. The molecule has 1 aromatic rings. The van der Waals surface area contributed by atoms with E-state index < -0.39 is 0 Å². The van der Waals surface area contributed by atoms with Crippen LogP contribution in [0, 0.1) is 0 Å². The molecular weight excluding hydrogens is 312 g/mol. The highest BCUT2D eigenvalue weighted by molar-refractivity contribution is 9.09. The SMILES string of the molecule is COc1ccc(C(=O)OCCCCCBr)cc1OC. The lowest BCUT2D eigenvalue weighted by molar-refractivity contribution is 0.0498. The summed E-state index contributed by atoms with van der Waals surface area (Å²) in [6.07, 6.45) is 3.02. The summed E-state index contributed by atoms with van der Waals surface area (Å²) < 4.78 is 15.5.